The zero-order chi connectivity index (χ0) is 12.9. The van der Waals surface area contributed by atoms with Gasteiger partial charge >= 0.3 is 12.0 Å². The Morgan fingerprint density at radius 2 is 2.00 bits per heavy atom. The lowest BCUT2D eigenvalue weighted by Crippen LogP contribution is -2.53. The van der Waals surface area contributed by atoms with Crippen molar-refractivity contribution >= 4 is 12.0 Å². The summed E-state index contributed by atoms with van der Waals surface area (Å²) in [5.41, 5.74) is -0.378. The summed E-state index contributed by atoms with van der Waals surface area (Å²) in [5, 5.41) is 11.1. The number of carboxylic acid groups (broad SMARTS) is 1. The summed E-state index contributed by atoms with van der Waals surface area (Å²) < 4.78 is 0. The Morgan fingerprint density at radius 3 is 2.31 bits per heavy atom. The molecular weight excluding hydrogens is 208 g/mol. The maximum atomic E-state index is 11.8. The molecule has 0 rings (SSSR count). The molecule has 0 saturated heterocycles. The van der Waals surface area contributed by atoms with E-state index in [9.17, 15) is 9.59 Å². The van der Waals surface area contributed by atoms with E-state index >= 15 is 0 Å². The predicted octanol–water partition coefficient (Wildman–Crippen LogP) is 1.46. The van der Waals surface area contributed by atoms with Gasteiger partial charge in [-0.25, -0.2) is 4.79 Å². The molecule has 0 fully saturated rings. The van der Waals surface area contributed by atoms with Crippen LogP contribution in [0.3, 0.4) is 0 Å². The maximum Gasteiger partial charge on any atom is 0.325 e. The van der Waals surface area contributed by atoms with Crippen molar-refractivity contribution in [1.82, 2.24) is 10.2 Å². The zero-order valence-corrected chi connectivity index (χ0v) is 10.3. The molecule has 0 aliphatic rings. The van der Waals surface area contributed by atoms with Crippen molar-refractivity contribution in [3.8, 4) is 0 Å². The van der Waals surface area contributed by atoms with Crippen molar-refractivity contribution < 1.29 is 14.7 Å². The third-order valence-electron chi connectivity index (χ3n) is 2.08. The van der Waals surface area contributed by atoms with Crippen LogP contribution in [0, 0.1) is 0 Å². The highest BCUT2D eigenvalue weighted by Crippen LogP contribution is 2.13. The van der Waals surface area contributed by atoms with Gasteiger partial charge in [0.15, 0.2) is 0 Å². The van der Waals surface area contributed by atoms with Crippen molar-refractivity contribution in [3.63, 3.8) is 0 Å². The third kappa shape index (κ3) is 4.33. The second-order valence-corrected chi connectivity index (χ2v) is 4.58. The van der Waals surface area contributed by atoms with Crippen LogP contribution >= 0.6 is 0 Å². The molecule has 0 aromatic heterocycles. The number of urea groups is 1. The van der Waals surface area contributed by atoms with Gasteiger partial charge in [-0.1, -0.05) is 6.08 Å². The number of hydrogen-bond donors (Lipinski definition) is 2. The minimum absolute atomic E-state index is 0.377. The highest BCUT2D eigenvalue weighted by atomic mass is 16.4. The summed E-state index contributed by atoms with van der Waals surface area (Å²) in [6.45, 7) is 11.0. The van der Waals surface area contributed by atoms with Gasteiger partial charge in [0.2, 0.25) is 0 Å². The Labute approximate surface area is 96.1 Å². The molecule has 0 spiro atoms. The summed E-state index contributed by atoms with van der Waals surface area (Å²) in [6, 6.07) is -1.30. The molecule has 0 radical (unpaired) electrons. The Balaban J connectivity index is 4.63. The maximum absolute atomic E-state index is 11.8. The van der Waals surface area contributed by atoms with Crippen LogP contribution < -0.4 is 5.32 Å². The number of nitrogens with zero attached hydrogens (tertiary/aromatic N) is 1. The van der Waals surface area contributed by atoms with Crippen LogP contribution in [0.5, 0.6) is 0 Å². The Bertz CT molecular complexity index is 281. The Morgan fingerprint density at radius 1 is 1.50 bits per heavy atom. The average Bonchev–Trinajstić information content (AvgIpc) is 2.11. The van der Waals surface area contributed by atoms with Crippen LogP contribution in [0.1, 0.15) is 27.7 Å². The smallest absolute Gasteiger partial charge is 0.325 e. The summed E-state index contributed by atoms with van der Waals surface area (Å²) in [4.78, 5) is 23.9. The second kappa shape index (κ2) is 5.53. The van der Waals surface area contributed by atoms with Gasteiger partial charge in [0.1, 0.15) is 6.04 Å². The molecule has 2 N–H and O–H groups in total. The molecule has 0 aliphatic carbocycles. The van der Waals surface area contributed by atoms with E-state index in [0.29, 0.717) is 6.54 Å². The van der Waals surface area contributed by atoms with E-state index in [1.165, 1.54) is 11.8 Å². The normalized spacial score (nSPS) is 12.8. The Kier molecular flexibility index (Phi) is 5.01. The number of carbonyl (C=O) groups is 2. The fourth-order valence-electron chi connectivity index (χ4n) is 1.12. The van der Waals surface area contributed by atoms with Crippen LogP contribution in [0.4, 0.5) is 4.79 Å². The first-order chi connectivity index (χ1) is 7.20. The van der Waals surface area contributed by atoms with Crippen molar-refractivity contribution in [2.24, 2.45) is 0 Å². The number of amides is 2. The summed E-state index contributed by atoms with van der Waals surface area (Å²) in [6.07, 6.45) is 1.61. The number of rotatable bonds is 4. The highest BCUT2D eigenvalue weighted by Gasteiger charge is 2.27. The Hall–Kier alpha value is -1.52. The van der Waals surface area contributed by atoms with E-state index in [1.54, 1.807) is 6.08 Å². The molecule has 1 atom stereocenters. The minimum Gasteiger partial charge on any atom is -0.480 e. The number of aliphatic carboxylic acids is 1. The number of carboxylic acids is 1. The van der Waals surface area contributed by atoms with Crippen molar-refractivity contribution in [1.29, 1.82) is 0 Å². The van der Waals surface area contributed by atoms with E-state index in [1.807, 2.05) is 20.8 Å². The quantitative estimate of drug-likeness (QED) is 0.716. The van der Waals surface area contributed by atoms with Gasteiger partial charge in [-0.3, -0.25) is 4.79 Å². The van der Waals surface area contributed by atoms with Gasteiger partial charge in [0.05, 0.1) is 0 Å². The molecule has 0 heterocycles. The van der Waals surface area contributed by atoms with Gasteiger partial charge < -0.3 is 15.3 Å². The standard InChI is InChI=1S/C11H20N2O3/c1-6-7-13(11(3,4)5)10(16)12-8(2)9(14)15/h6,8H,1,7H2,2-5H3,(H,12,16)(H,14,15)/t8-/m0/s1. The van der Waals surface area contributed by atoms with E-state index in [-0.39, 0.29) is 5.54 Å². The molecule has 0 bridgehead atoms. The molecule has 16 heavy (non-hydrogen) atoms. The van der Waals surface area contributed by atoms with Crippen LogP contribution in [0.15, 0.2) is 12.7 Å². The van der Waals surface area contributed by atoms with Crippen LogP contribution in [0.25, 0.3) is 0 Å². The van der Waals surface area contributed by atoms with Crippen molar-refractivity contribution in [3.05, 3.63) is 12.7 Å². The lowest BCUT2D eigenvalue weighted by molar-refractivity contribution is -0.138. The van der Waals surface area contributed by atoms with E-state index < -0.39 is 18.0 Å². The van der Waals surface area contributed by atoms with Crippen LogP contribution in [0.2, 0.25) is 0 Å². The van der Waals surface area contributed by atoms with Crippen LogP contribution in [-0.4, -0.2) is 40.1 Å². The fourth-order valence-corrected chi connectivity index (χ4v) is 1.12. The topological polar surface area (TPSA) is 69.6 Å². The van der Waals surface area contributed by atoms with Gasteiger partial charge in [0.25, 0.3) is 0 Å². The predicted molar refractivity (Wildman–Crippen MR) is 62.3 cm³/mol. The van der Waals surface area contributed by atoms with Gasteiger partial charge in [-0.2, -0.15) is 0 Å². The molecule has 0 saturated carbocycles. The van der Waals surface area contributed by atoms with E-state index in [2.05, 4.69) is 11.9 Å². The monoisotopic (exact) mass is 228 g/mol. The molecule has 0 aromatic carbocycles. The fraction of sp³-hybridized carbons (Fsp3) is 0.636. The zero-order valence-electron chi connectivity index (χ0n) is 10.3. The molecular formula is C11H20N2O3. The molecule has 0 aromatic rings. The average molecular weight is 228 g/mol. The van der Waals surface area contributed by atoms with Crippen molar-refractivity contribution in [2.45, 2.75) is 39.3 Å². The van der Waals surface area contributed by atoms with E-state index in [4.69, 9.17) is 5.11 Å². The lowest BCUT2D eigenvalue weighted by atomic mass is 10.1. The molecule has 0 unspecified atom stereocenters. The molecule has 5 heteroatoms. The first kappa shape index (κ1) is 14.5. The number of nitrogens with one attached hydrogen (secondary N) is 1. The van der Waals surface area contributed by atoms with Gasteiger partial charge in [-0.15, -0.1) is 6.58 Å². The summed E-state index contributed by atoms with van der Waals surface area (Å²) in [7, 11) is 0. The van der Waals surface area contributed by atoms with Gasteiger partial charge in [0, 0.05) is 12.1 Å². The number of hydrogen-bond acceptors (Lipinski definition) is 2. The molecule has 5 nitrogen and oxygen atoms in total. The highest BCUT2D eigenvalue weighted by molar-refractivity contribution is 5.82. The molecule has 92 valence electrons. The first-order valence-corrected chi connectivity index (χ1v) is 5.12. The molecule has 0 aliphatic heterocycles. The second-order valence-electron chi connectivity index (χ2n) is 4.58. The summed E-state index contributed by atoms with van der Waals surface area (Å²) in [5.74, 6) is -1.05. The van der Waals surface area contributed by atoms with Gasteiger partial charge in [-0.05, 0) is 27.7 Å². The first-order valence-electron chi connectivity index (χ1n) is 5.12. The number of carbonyl (C=O) groups excluding carboxylic acids is 1. The van der Waals surface area contributed by atoms with Crippen molar-refractivity contribution in [2.75, 3.05) is 6.54 Å². The largest absolute Gasteiger partial charge is 0.480 e. The minimum atomic E-state index is -1.05. The SMILES string of the molecule is C=CCN(C(=O)N[C@@H](C)C(=O)O)C(C)(C)C. The molecule has 2 amide bonds. The van der Waals surface area contributed by atoms with Crippen LogP contribution in [-0.2, 0) is 4.79 Å². The lowest BCUT2D eigenvalue weighted by Gasteiger charge is -2.35. The van der Waals surface area contributed by atoms with E-state index in [0.717, 1.165) is 0 Å². The summed E-state index contributed by atoms with van der Waals surface area (Å²) >= 11 is 0. The third-order valence-corrected chi connectivity index (χ3v) is 2.08.